The van der Waals surface area contributed by atoms with Crippen LogP contribution in [0.25, 0.3) is 0 Å². The van der Waals surface area contributed by atoms with Gasteiger partial charge in [-0.2, -0.15) is 0 Å². The third-order valence-corrected chi connectivity index (χ3v) is 4.12. The molecule has 0 spiro atoms. The highest BCUT2D eigenvalue weighted by Gasteiger charge is 2.25. The second-order valence-electron chi connectivity index (χ2n) is 4.53. The maximum absolute atomic E-state index is 5.79. The first-order chi connectivity index (χ1) is 8.24. The molecule has 1 aromatic rings. The lowest BCUT2D eigenvalue weighted by atomic mass is 10.0. The minimum atomic E-state index is 0.505. The number of benzene rings is 1. The molecule has 2 rings (SSSR count). The number of hydrogen-bond donors (Lipinski definition) is 2. The summed E-state index contributed by atoms with van der Waals surface area (Å²) >= 11 is 3.46. The summed E-state index contributed by atoms with van der Waals surface area (Å²) in [6.45, 7) is 0.769. The van der Waals surface area contributed by atoms with E-state index in [4.69, 9.17) is 10.5 Å². The first-order valence-corrected chi connectivity index (χ1v) is 6.84. The Kier molecular flexibility index (Phi) is 4.29. The molecule has 4 heteroatoms. The van der Waals surface area contributed by atoms with Gasteiger partial charge >= 0.3 is 0 Å². The lowest BCUT2D eigenvalue weighted by molar-refractivity contribution is 0.412. The number of nitrogens with two attached hydrogens (primary N) is 1. The van der Waals surface area contributed by atoms with E-state index >= 15 is 0 Å². The van der Waals surface area contributed by atoms with Crippen molar-refractivity contribution < 1.29 is 4.74 Å². The molecule has 2 unspecified atom stereocenters. The second-order valence-corrected chi connectivity index (χ2v) is 5.38. The Morgan fingerprint density at radius 1 is 1.47 bits per heavy atom. The van der Waals surface area contributed by atoms with Gasteiger partial charge in [0.25, 0.3) is 0 Å². The summed E-state index contributed by atoms with van der Waals surface area (Å²) in [6, 6.07) is 6.60. The maximum atomic E-state index is 5.79. The Labute approximate surface area is 111 Å². The molecule has 0 aromatic heterocycles. The minimum Gasteiger partial charge on any atom is -0.495 e. The van der Waals surface area contributed by atoms with Gasteiger partial charge in [-0.1, -0.05) is 6.42 Å². The first kappa shape index (κ1) is 12.7. The quantitative estimate of drug-likeness (QED) is 0.898. The van der Waals surface area contributed by atoms with Crippen LogP contribution in [0.5, 0.6) is 5.75 Å². The third-order valence-electron chi connectivity index (χ3n) is 3.47. The van der Waals surface area contributed by atoms with E-state index in [-0.39, 0.29) is 0 Å². The van der Waals surface area contributed by atoms with Crippen molar-refractivity contribution in [1.82, 2.24) is 0 Å². The van der Waals surface area contributed by atoms with Gasteiger partial charge in [0.15, 0.2) is 0 Å². The van der Waals surface area contributed by atoms with Crippen LogP contribution in [0.1, 0.15) is 19.3 Å². The van der Waals surface area contributed by atoms with Crippen molar-refractivity contribution in [3.05, 3.63) is 22.7 Å². The van der Waals surface area contributed by atoms with Crippen molar-refractivity contribution in [3.63, 3.8) is 0 Å². The summed E-state index contributed by atoms with van der Waals surface area (Å²) in [5.41, 5.74) is 6.89. The third kappa shape index (κ3) is 2.93. The molecule has 1 aliphatic carbocycles. The van der Waals surface area contributed by atoms with E-state index in [9.17, 15) is 0 Å². The largest absolute Gasteiger partial charge is 0.495 e. The van der Waals surface area contributed by atoms with E-state index in [2.05, 4.69) is 27.3 Å². The Hall–Kier alpha value is -0.740. The van der Waals surface area contributed by atoms with E-state index in [1.54, 1.807) is 7.11 Å². The zero-order valence-electron chi connectivity index (χ0n) is 10.1. The van der Waals surface area contributed by atoms with Crippen molar-refractivity contribution in [3.8, 4) is 5.75 Å². The fourth-order valence-electron chi connectivity index (χ4n) is 2.47. The lowest BCUT2D eigenvalue weighted by Crippen LogP contribution is -2.29. The summed E-state index contributed by atoms with van der Waals surface area (Å²) in [5.74, 6) is 1.46. The van der Waals surface area contributed by atoms with Crippen molar-refractivity contribution in [2.24, 2.45) is 11.7 Å². The van der Waals surface area contributed by atoms with Gasteiger partial charge in [-0.15, -0.1) is 0 Å². The number of methoxy groups -OCH3 is 1. The van der Waals surface area contributed by atoms with Gasteiger partial charge in [0.2, 0.25) is 0 Å². The molecule has 0 radical (unpaired) electrons. The van der Waals surface area contributed by atoms with Crippen LogP contribution in [0.3, 0.4) is 0 Å². The maximum Gasteiger partial charge on any atom is 0.135 e. The van der Waals surface area contributed by atoms with Crippen LogP contribution in [0, 0.1) is 5.92 Å². The van der Waals surface area contributed by atoms with Gasteiger partial charge in [0, 0.05) is 17.8 Å². The Morgan fingerprint density at radius 2 is 2.29 bits per heavy atom. The highest BCUT2D eigenvalue weighted by atomic mass is 79.9. The van der Waals surface area contributed by atoms with E-state index in [0.717, 1.165) is 22.5 Å². The molecule has 1 aliphatic rings. The molecular formula is C13H19BrN2O. The van der Waals surface area contributed by atoms with Gasteiger partial charge in [-0.05, 0) is 53.4 Å². The smallest absolute Gasteiger partial charge is 0.135 e. The Morgan fingerprint density at radius 3 is 3.00 bits per heavy atom. The molecule has 1 fully saturated rings. The van der Waals surface area contributed by atoms with Gasteiger partial charge in [0.05, 0.1) is 11.6 Å². The fourth-order valence-corrected chi connectivity index (χ4v) is 2.88. The average molecular weight is 299 g/mol. The molecule has 1 saturated carbocycles. The Bertz CT molecular complexity index is 384. The van der Waals surface area contributed by atoms with E-state index in [0.29, 0.717) is 12.0 Å². The zero-order chi connectivity index (χ0) is 12.3. The van der Waals surface area contributed by atoms with Crippen LogP contribution in [-0.4, -0.2) is 19.7 Å². The molecule has 2 atom stereocenters. The summed E-state index contributed by atoms with van der Waals surface area (Å²) in [5, 5.41) is 3.56. The number of nitrogens with one attached hydrogen (secondary N) is 1. The number of halogens is 1. The molecule has 0 aliphatic heterocycles. The van der Waals surface area contributed by atoms with Crippen LogP contribution in [-0.2, 0) is 0 Å². The summed E-state index contributed by atoms with van der Waals surface area (Å²) < 4.78 is 6.27. The van der Waals surface area contributed by atoms with E-state index in [1.165, 1.54) is 19.3 Å². The highest BCUT2D eigenvalue weighted by molar-refractivity contribution is 9.10. The van der Waals surface area contributed by atoms with Crippen LogP contribution >= 0.6 is 15.9 Å². The van der Waals surface area contributed by atoms with Gasteiger partial charge in [0.1, 0.15) is 5.75 Å². The molecular weight excluding hydrogens is 280 g/mol. The molecule has 1 aromatic carbocycles. The highest BCUT2D eigenvalue weighted by Crippen LogP contribution is 2.31. The number of anilines is 1. The second kappa shape index (κ2) is 5.74. The summed E-state index contributed by atoms with van der Waals surface area (Å²) in [7, 11) is 1.68. The standard InChI is InChI=1S/C13H19BrN2O/c1-17-13-7-10(5-6-11(13)14)16-12-4-2-3-9(12)8-15/h5-7,9,12,16H,2-4,8,15H2,1H3. The summed E-state index contributed by atoms with van der Waals surface area (Å²) in [6.07, 6.45) is 3.72. The minimum absolute atomic E-state index is 0.505. The van der Waals surface area contributed by atoms with E-state index < -0.39 is 0 Å². The predicted octanol–water partition coefficient (Wildman–Crippen LogP) is 3.00. The normalized spacial score (nSPS) is 23.7. The molecule has 0 amide bonds. The lowest BCUT2D eigenvalue weighted by Gasteiger charge is -2.21. The molecule has 3 nitrogen and oxygen atoms in total. The molecule has 0 bridgehead atoms. The van der Waals surface area contributed by atoms with E-state index in [1.807, 2.05) is 12.1 Å². The van der Waals surface area contributed by atoms with Crippen molar-refractivity contribution in [1.29, 1.82) is 0 Å². The molecule has 0 heterocycles. The topological polar surface area (TPSA) is 47.3 Å². The molecule has 0 saturated heterocycles. The van der Waals surface area contributed by atoms with Crippen LogP contribution < -0.4 is 15.8 Å². The first-order valence-electron chi connectivity index (χ1n) is 6.04. The SMILES string of the molecule is COc1cc(NC2CCCC2CN)ccc1Br. The van der Waals surface area contributed by atoms with Crippen LogP contribution in [0.4, 0.5) is 5.69 Å². The van der Waals surface area contributed by atoms with Crippen LogP contribution in [0.2, 0.25) is 0 Å². The molecule has 17 heavy (non-hydrogen) atoms. The van der Waals surface area contributed by atoms with Crippen molar-refractivity contribution in [2.75, 3.05) is 19.0 Å². The number of ether oxygens (including phenoxy) is 1. The molecule has 3 N–H and O–H groups in total. The monoisotopic (exact) mass is 298 g/mol. The number of rotatable bonds is 4. The number of hydrogen-bond acceptors (Lipinski definition) is 3. The fraction of sp³-hybridized carbons (Fsp3) is 0.538. The average Bonchev–Trinajstić information content (AvgIpc) is 2.79. The van der Waals surface area contributed by atoms with Gasteiger partial charge in [-0.25, -0.2) is 0 Å². The van der Waals surface area contributed by atoms with Gasteiger partial charge in [-0.3, -0.25) is 0 Å². The van der Waals surface area contributed by atoms with Crippen molar-refractivity contribution in [2.45, 2.75) is 25.3 Å². The Balaban J connectivity index is 2.08. The van der Waals surface area contributed by atoms with Crippen LogP contribution in [0.15, 0.2) is 22.7 Å². The summed E-state index contributed by atoms with van der Waals surface area (Å²) in [4.78, 5) is 0. The predicted molar refractivity (Wildman–Crippen MR) is 74.5 cm³/mol. The van der Waals surface area contributed by atoms with Crippen molar-refractivity contribution >= 4 is 21.6 Å². The molecule has 94 valence electrons. The zero-order valence-corrected chi connectivity index (χ0v) is 11.7. The van der Waals surface area contributed by atoms with Gasteiger partial charge < -0.3 is 15.8 Å².